The fourth-order valence-electron chi connectivity index (χ4n) is 2.40. The van der Waals surface area contributed by atoms with Crippen molar-refractivity contribution in [2.24, 2.45) is 31.9 Å². The van der Waals surface area contributed by atoms with Gasteiger partial charge in [-0.2, -0.15) is 10.2 Å². The Labute approximate surface area is 159 Å². The zero-order valence-corrected chi connectivity index (χ0v) is 14.6. The lowest BCUT2D eigenvalue weighted by Crippen LogP contribution is -2.30. The highest BCUT2D eigenvalue weighted by Crippen LogP contribution is 2.32. The third kappa shape index (κ3) is 3.85. The Morgan fingerprint density at radius 2 is 1.11 bits per heavy atom. The van der Waals surface area contributed by atoms with Crippen LogP contribution in [0.1, 0.15) is 11.1 Å². The van der Waals surface area contributed by atoms with Crippen molar-refractivity contribution in [3.63, 3.8) is 0 Å². The first-order valence-corrected chi connectivity index (χ1v) is 8.22. The van der Waals surface area contributed by atoms with Crippen LogP contribution in [0.4, 0.5) is 0 Å². The van der Waals surface area contributed by atoms with Gasteiger partial charge in [0.25, 0.3) is 0 Å². The summed E-state index contributed by atoms with van der Waals surface area (Å²) >= 11 is 0. The van der Waals surface area contributed by atoms with Crippen LogP contribution >= 0.6 is 0 Å². The van der Waals surface area contributed by atoms with E-state index in [4.69, 9.17) is 30.4 Å². The van der Waals surface area contributed by atoms with E-state index in [2.05, 4.69) is 20.4 Å². The normalized spacial score (nSPS) is 15.7. The lowest BCUT2D eigenvalue weighted by molar-refractivity contribution is 0.173. The zero-order valence-electron chi connectivity index (χ0n) is 14.6. The molecule has 2 aliphatic heterocycles. The minimum Gasteiger partial charge on any atom is -0.454 e. The third-order valence-corrected chi connectivity index (χ3v) is 3.80. The number of rotatable bonds is 4. The first-order valence-electron chi connectivity index (χ1n) is 8.22. The Hall–Kier alpha value is -4.08. The molecule has 0 saturated heterocycles. The second kappa shape index (κ2) is 7.66. The van der Waals surface area contributed by atoms with Gasteiger partial charge in [0.2, 0.25) is 13.6 Å². The fraction of sp³-hybridized carbons (Fsp3) is 0.111. The molecule has 4 N–H and O–H groups in total. The number of hydrogen-bond donors (Lipinski definition) is 2. The zero-order chi connectivity index (χ0) is 19.3. The van der Waals surface area contributed by atoms with Crippen molar-refractivity contribution in [3.8, 4) is 23.0 Å². The van der Waals surface area contributed by atoms with Crippen molar-refractivity contribution in [2.75, 3.05) is 13.6 Å². The Bertz CT molecular complexity index is 934. The summed E-state index contributed by atoms with van der Waals surface area (Å²) in [5.41, 5.74) is 13.1. The number of nitrogens with zero attached hydrogens (tertiary/aromatic N) is 4. The Morgan fingerprint density at radius 3 is 1.57 bits per heavy atom. The van der Waals surface area contributed by atoms with Crippen molar-refractivity contribution < 1.29 is 18.9 Å². The molecule has 0 aliphatic carbocycles. The van der Waals surface area contributed by atoms with Crippen molar-refractivity contribution >= 4 is 24.1 Å². The summed E-state index contributed by atoms with van der Waals surface area (Å²) < 4.78 is 21.1. The lowest BCUT2D eigenvalue weighted by Gasteiger charge is -1.97. The van der Waals surface area contributed by atoms with E-state index in [1.807, 2.05) is 12.1 Å². The molecule has 2 aromatic rings. The molecule has 2 aromatic carbocycles. The number of fused-ring (bicyclic) bond motifs is 2. The second-order valence-corrected chi connectivity index (χ2v) is 5.69. The largest absolute Gasteiger partial charge is 0.454 e. The number of ether oxygens (including phenoxy) is 4. The first kappa shape index (κ1) is 17.3. The maximum absolute atomic E-state index is 5.75. The summed E-state index contributed by atoms with van der Waals surface area (Å²) in [6.45, 7) is 0.418. The van der Waals surface area contributed by atoms with Crippen LogP contribution < -0.4 is 30.4 Å². The maximum atomic E-state index is 5.75. The molecule has 10 heteroatoms. The van der Waals surface area contributed by atoms with E-state index >= 15 is 0 Å². The van der Waals surface area contributed by atoms with Gasteiger partial charge in [0.05, 0.1) is 12.4 Å². The molecule has 0 amide bonds. The van der Waals surface area contributed by atoms with Gasteiger partial charge < -0.3 is 30.4 Å². The van der Waals surface area contributed by atoms with Gasteiger partial charge in [0.1, 0.15) is 0 Å². The molecule has 28 heavy (non-hydrogen) atoms. The summed E-state index contributed by atoms with van der Waals surface area (Å²) in [5, 5.41) is 15.4. The molecule has 2 heterocycles. The predicted octanol–water partition coefficient (Wildman–Crippen LogP) is 1.23. The van der Waals surface area contributed by atoms with E-state index in [1.54, 1.807) is 24.3 Å². The molecule has 4 rings (SSSR count). The minimum absolute atomic E-state index is 0.0557. The molecule has 142 valence electrons. The topological polar surface area (TPSA) is 138 Å². The van der Waals surface area contributed by atoms with Gasteiger partial charge in [-0.1, -0.05) is 0 Å². The van der Waals surface area contributed by atoms with Crippen LogP contribution in [0.3, 0.4) is 0 Å². The Balaban J connectivity index is 1.38. The van der Waals surface area contributed by atoms with Crippen LogP contribution in [0.2, 0.25) is 0 Å². The fourth-order valence-corrected chi connectivity index (χ4v) is 2.40. The highest BCUT2D eigenvalue weighted by Gasteiger charge is 2.13. The van der Waals surface area contributed by atoms with Gasteiger partial charge in [-0.15, -0.1) is 10.2 Å². The maximum Gasteiger partial charge on any atom is 0.231 e. The first-order chi connectivity index (χ1) is 13.7. The summed E-state index contributed by atoms with van der Waals surface area (Å²) in [6.07, 6.45) is 3.02. The Kier molecular flexibility index (Phi) is 4.74. The average molecular weight is 380 g/mol. The quantitative estimate of drug-likeness (QED) is 0.465. The molecule has 0 aromatic heterocycles. The summed E-state index contributed by atoms with van der Waals surface area (Å²) in [7, 11) is 0. The standard InChI is InChI=1S/C18H16N6O4/c19-17(23-21-7-11-1-3-13-15(5-11)27-9-25-13)18(20)24-22-8-12-2-4-14-16(6-12)28-10-26-14/h1-8H,9-10H2,(H2,19,23)(H2,20,24)/b21-7+,22-8?. The van der Waals surface area contributed by atoms with Gasteiger partial charge in [0, 0.05) is 0 Å². The van der Waals surface area contributed by atoms with Crippen LogP contribution in [0.5, 0.6) is 23.0 Å². The van der Waals surface area contributed by atoms with Crippen LogP contribution in [0, 0.1) is 0 Å². The van der Waals surface area contributed by atoms with Crippen LogP contribution in [-0.4, -0.2) is 37.7 Å². The molecule has 0 radical (unpaired) electrons. The van der Waals surface area contributed by atoms with Gasteiger partial charge in [-0.25, -0.2) is 0 Å². The van der Waals surface area contributed by atoms with E-state index in [-0.39, 0.29) is 25.3 Å². The van der Waals surface area contributed by atoms with Crippen LogP contribution in [-0.2, 0) is 0 Å². The van der Waals surface area contributed by atoms with Crippen molar-refractivity contribution in [3.05, 3.63) is 47.5 Å². The van der Waals surface area contributed by atoms with Gasteiger partial charge in [-0.05, 0) is 47.5 Å². The van der Waals surface area contributed by atoms with Crippen LogP contribution in [0.25, 0.3) is 0 Å². The van der Waals surface area contributed by atoms with Gasteiger partial charge >= 0.3 is 0 Å². The van der Waals surface area contributed by atoms with Gasteiger partial charge in [-0.3, -0.25) is 0 Å². The molecule has 0 unspecified atom stereocenters. The van der Waals surface area contributed by atoms with Crippen LogP contribution in [0.15, 0.2) is 56.8 Å². The smallest absolute Gasteiger partial charge is 0.231 e. The van der Waals surface area contributed by atoms with E-state index in [0.717, 1.165) is 11.1 Å². The summed E-state index contributed by atoms with van der Waals surface area (Å²) in [5.74, 6) is 2.58. The van der Waals surface area contributed by atoms with Crippen molar-refractivity contribution in [1.82, 2.24) is 0 Å². The number of hydrogen-bond acceptors (Lipinski definition) is 8. The number of nitrogens with two attached hydrogens (primary N) is 2. The molecule has 0 atom stereocenters. The van der Waals surface area contributed by atoms with E-state index < -0.39 is 0 Å². The van der Waals surface area contributed by atoms with E-state index in [0.29, 0.717) is 23.0 Å². The molecular weight excluding hydrogens is 364 g/mol. The number of benzene rings is 2. The SMILES string of the molecule is NC(=N\N=Cc1ccc2c(c1)OCO2)/C(N)=N/N=C/c1ccc2c(c1)OCO2. The predicted molar refractivity (Wildman–Crippen MR) is 104 cm³/mol. The Morgan fingerprint density at radius 1 is 0.679 bits per heavy atom. The molecule has 0 spiro atoms. The second-order valence-electron chi connectivity index (χ2n) is 5.69. The molecule has 0 bridgehead atoms. The molecule has 10 nitrogen and oxygen atoms in total. The summed E-state index contributed by atoms with van der Waals surface area (Å²) in [4.78, 5) is 0. The van der Waals surface area contributed by atoms with Crippen molar-refractivity contribution in [1.29, 1.82) is 0 Å². The van der Waals surface area contributed by atoms with E-state index in [9.17, 15) is 0 Å². The van der Waals surface area contributed by atoms with Gasteiger partial charge in [0.15, 0.2) is 34.7 Å². The third-order valence-electron chi connectivity index (χ3n) is 3.80. The molecule has 0 fully saturated rings. The lowest BCUT2D eigenvalue weighted by atomic mass is 10.2. The average Bonchev–Trinajstić information content (AvgIpc) is 3.36. The molecule has 2 aliphatic rings. The van der Waals surface area contributed by atoms with Crippen molar-refractivity contribution in [2.45, 2.75) is 0 Å². The minimum atomic E-state index is -0.0557. The molecular formula is C18H16N6O4. The monoisotopic (exact) mass is 380 g/mol. The summed E-state index contributed by atoms with van der Waals surface area (Å²) in [6, 6.07) is 10.8. The number of amidine groups is 2. The van der Waals surface area contributed by atoms with E-state index in [1.165, 1.54) is 12.4 Å². The highest BCUT2D eigenvalue weighted by molar-refractivity contribution is 6.39. The highest BCUT2D eigenvalue weighted by atomic mass is 16.7. The molecule has 0 saturated carbocycles.